The normalized spacial score (nSPS) is 21.2. The largest absolute Gasteiger partial charge is 0.270 e. The predicted molar refractivity (Wildman–Crippen MR) is 116 cm³/mol. The molecule has 1 heterocycles. The van der Waals surface area contributed by atoms with Crippen LogP contribution in [0.4, 0.5) is 10.1 Å². The molecule has 0 saturated carbocycles. The Balaban J connectivity index is 1.78. The first-order chi connectivity index (χ1) is 14.8. The van der Waals surface area contributed by atoms with E-state index in [9.17, 15) is 18.5 Å². The summed E-state index contributed by atoms with van der Waals surface area (Å²) in [6, 6.07) is 12.0. The Morgan fingerprint density at radius 3 is 2.61 bits per heavy atom. The highest BCUT2D eigenvalue weighted by Crippen LogP contribution is 2.41. The van der Waals surface area contributed by atoms with Gasteiger partial charge in [0.15, 0.2) is 0 Å². The average molecular weight is 443 g/mol. The van der Waals surface area contributed by atoms with E-state index in [4.69, 9.17) is 0 Å². The zero-order valence-corrected chi connectivity index (χ0v) is 17.9. The second-order valence-electron chi connectivity index (χ2n) is 8.00. The molecule has 0 aromatic heterocycles. The predicted octanol–water partition coefficient (Wildman–Crippen LogP) is 5.01. The van der Waals surface area contributed by atoms with Crippen molar-refractivity contribution in [1.29, 1.82) is 0 Å². The van der Waals surface area contributed by atoms with Gasteiger partial charge in [0.2, 0.25) is 10.0 Å². The van der Waals surface area contributed by atoms with E-state index < -0.39 is 20.8 Å². The van der Waals surface area contributed by atoms with Crippen LogP contribution in [0.1, 0.15) is 30.4 Å². The summed E-state index contributed by atoms with van der Waals surface area (Å²) in [5.41, 5.74) is 2.11. The number of non-ortho nitro benzene ring substituents is 1. The molecule has 1 unspecified atom stereocenters. The number of nitro groups is 1. The van der Waals surface area contributed by atoms with E-state index in [-0.39, 0.29) is 35.2 Å². The van der Waals surface area contributed by atoms with Crippen molar-refractivity contribution in [3.63, 3.8) is 0 Å². The molecule has 2 aromatic carbocycles. The molecule has 1 fully saturated rings. The van der Waals surface area contributed by atoms with Crippen LogP contribution in [0, 0.1) is 23.0 Å². The topological polar surface area (TPSA) is 80.5 Å². The maximum atomic E-state index is 15.7. The molecule has 0 radical (unpaired) electrons. The average Bonchev–Trinajstić information content (AvgIpc) is 2.78. The second kappa shape index (κ2) is 8.36. The van der Waals surface area contributed by atoms with Crippen LogP contribution >= 0.6 is 0 Å². The summed E-state index contributed by atoms with van der Waals surface area (Å²) in [6.45, 7) is 2.03. The first kappa shape index (κ1) is 21.4. The lowest BCUT2D eigenvalue weighted by molar-refractivity contribution is -0.384. The highest BCUT2D eigenvalue weighted by molar-refractivity contribution is 7.89. The van der Waals surface area contributed by atoms with Gasteiger partial charge in [-0.1, -0.05) is 41.5 Å². The molecule has 1 atom stereocenters. The lowest BCUT2D eigenvalue weighted by Gasteiger charge is -2.38. The Hall–Kier alpha value is -2.84. The third kappa shape index (κ3) is 4.18. The number of hydrogen-bond donors (Lipinski definition) is 0. The van der Waals surface area contributed by atoms with Gasteiger partial charge in [-0.05, 0) is 43.9 Å². The van der Waals surface area contributed by atoms with Crippen LogP contribution < -0.4 is 0 Å². The number of aryl methyl sites for hydroxylation is 1. The van der Waals surface area contributed by atoms with Crippen molar-refractivity contribution in [2.45, 2.75) is 31.1 Å². The summed E-state index contributed by atoms with van der Waals surface area (Å²) in [6.07, 6.45) is 4.47. The van der Waals surface area contributed by atoms with E-state index in [0.29, 0.717) is 5.57 Å². The van der Waals surface area contributed by atoms with Gasteiger partial charge in [-0.25, -0.2) is 12.8 Å². The highest BCUT2D eigenvalue weighted by Gasteiger charge is 2.37. The molecule has 8 heteroatoms. The zero-order valence-electron chi connectivity index (χ0n) is 17.1. The first-order valence-electron chi connectivity index (χ1n) is 10.2. The minimum absolute atomic E-state index is 0.0766. The van der Waals surface area contributed by atoms with Gasteiger partial charge in [0.1, 0.15) is 5.83 Å². The summed E-state index contributed by atoms with van der Waals surface area (Å²) in [5.74, 6) is -0.761. The third-order valence-corrected chi connectivity index (χ3v) is 7.73. The SMILES string of the molecule is Cc1ccc(S(=O)(=O)N2CC3=CCCCC3/C(=C(/F)c3cccc([N+](=O)[O-])c3)C2)cc1. The number of benzene rings is 2. The van der Waals surface area contributed by atoms with Crippen molar-refractivity contribution in [3.05, 3.63) is 87.0 Å². The van der Waals surface area contributed by atoms with Crippen LogP contribution in [0.15, 0.2) is 70.6 Å². The Labute approximate surface area is 180 Å². The fourth-order valence-corrected chi connectivity index (χ4v) is 5.67. The van der Waals surface area contributed by atoms with Crippen LogP contribution in [0.3, 0.4) is 0 Å². The van der Waals surface area contributed by atoms with Gasteiger partial charge >= 0.3 is 0 Å². The van der Waals surface area contributed by atoms with Crippen LogP contribution in [-0.2, 0) is 10.0 Å². The van der Waals surface area contributed by atoms with Crippen LogP contribution in [0.25, 0.3) is 5.83 Å². The number of fused-ring (bicyclic) bond motifs is 1. The molecule has 162 valence electrons. The van der Waals surface area contributed by atoms with Crippen molar-refractivity contribution in [2.75, 3.05) is 13.1 Å². The molecule has 6 nitrogen and oxygen atoms in total. The van der Waals surface area contributed by atoms with Crippen LogP contribution in [-0.4, -0.2) is 30.7 Å². The molecule has 2 aromatic rings. The molecule has 0 bridgehead atoms. The van der Waals surface area contributed by atoms with Crippen molar-refractivity contribution in [1.82, 2.24) is 4.31 Å². The molecule has 2 aliphatic rings. The highest BCUT2D eigenvalue weighted by atomic mass is 32.2. The molecular weight excluding hydrogens is 419 g/mol. The molecule has 1 saturated heterocycles. The standard InChI is InChI=1S/C23H23FN2O4S/c1-16-9-11-20(12-10-16)31(29,30)25-14-18-5-2-3-8-21(18)22(15-25)23(24)17-6-4-7-19(13-17)26(27)28/h4-7,9-13,21H,2-3,8,14-15H2,1H3/b23-22+. The van der Waals surface area contributed by atoms with Crippen molar-refractivity contribution in [2.24, 2.45) is 5.92 Å². The summed E-state index contributed by atoms with van der Waals surface area (Å²) in [7, 11) is -3.82. The second-order valence-corrected chi connectivity index (χ2v) is 9.93. The quantitative estimate of drug-likeness (QED) is 0.378. The van der Waals surface area contributed by atoms with Gasteiger partial charge < -0.3 is 0 Å². The summed E-state index contributed by atoms with van der Waals surface area (Å²) >= 11 is 0. The molecular formula is C23H23FN2O4S. The van der Waals surface area contributed by atoms with Crippen LogP contribution in [0.2, 0.25) is 0 Å². The molecule has 31 heavy (non-hydrogen) atoms. The number of allylic oxidation sites excluding steroid dienone is 1. The van der Waals surface area contributed by atoms with Gasteiger partial charge in [-0.2, -0.15) is 4.31 Å². The first-order valence-corrected chi connectivity index (χ1v) is 11.6. The Kier molecular flexibility index (Phi) is 5.77. The Morgan fingerprint density at radius 2 is 1.90 bits per heavy atom. The summed E-state index contributed by atoms with van der Waals surface area (Å²) in [5, 5.41) is 11.1. The van der Waals surface area contributed by atoms with Gasteiger partial charge in [0.25, 0.3) is 5.69 Å². The lowest BCUT2D eigenvalue weighted by atomic mass is 9.79. The molecule has 4 rings (SSSR count). The number of hydrogen-bond acceptors (Lipinski definition) is 4. The fourth-order valence-electron chi connectivity index (χ4n) is 4.26. The number of nitrogens with zero attached hydrogens (tertiary/aromatic N) is 2. The van der Waals surface area contributed by atoms with Crippen LogP contribution in [0.5, 0.6) is 0 Å². The van der Waals surface area contributed by atoms with Gasteiger partial charge in [0.05, 0.1) is 9.82 Å². The van der Waals surface area contributed by atoms with Crippen molar-refractivity contribution >= 4 is 21.5 Å². The number of piperidine rings is 1. The summed E-state index contributed by atoms with van der Waals surface area (Å²) in [4.78, 5) is 10.7. The minimum atomic E-state index is -3.82. The smallest absolute Gasteiger partial charge is 0.258 e. The summed E-state index contributed by atoms with van der Waals surface area (Å²) < 4.78 is 43.5. The number of sulfonamides is 1. The Bertz CT molecular complexity index is 1190. The molecule has 1 aliphatic carbocycles. The minimum Gasteiger partial charge on any atom is -0.258 e. The van der Waals surface area contributed by atoms with E-state index in [0.717, 1.165) is 30.4 Å². The zero-order chi connectivity index (χ0) is 22.2. The molecule has 0 amide bonds. The van der Waals surface area contributed by atoms with E-state index in [2.05, 4.69) is 0 Å². The molecule has 0 N–H and O–H groups in total. The maximum Gasteiger partial charge on any atom is 0.270 e. The van der Waals surface area contributed by atoms with Crippen molar-refractivity contribution in [3.8, 4) is 0 Å². The lowest BCUT2D eigenvalue weighted by Crippen LogP contribution is -2.42. The van der Waals surface area contributed by atoms with Gasteiger partial charge in [0, 0.05) is 36.7 Å². The third-order valence-electron chi connectivity index (χ3n) is 5.93. The Morgan fingerprint density at radius 1 is 1.16 bits per heavy atom. The fraction of sp³-hybridized carbons (Fsp3) is 0.304. The van der Waals surface area contributed by atoms with E-state index in [1.165, 1.54) is 28.6 Å². The maximum absolute atomic E-state index is 15.7. The van der Waals surface area contributed by atoms with Gasteiger partial charge in [-0.3, -0.25) is 10.1 Å². The van der Waals surface area contributed by atoms with E-state index >= 15 is 4.39 Å². The monoisotopic (exact) mass is 442 g/mol. The molecule has 1 aliphatic heterocycles. The number of nitro benzene ring substituents is 1. The van der Waals surface area contributed by atoms with E-state index in [1.54, 1.807) is 24.3 Å². The molecule has 0 spiro atoms. The van der Waals surface area contributed by atoms with E-state index in [1.807, 2.05) is 13.0 Å². The number of rotatable bonds is 4. The van der Waals surface area contributed by atoms with Crippen molar-refractivity contribution < 1.29 is 17.7 Å². The van der Waals surface area contributed by atoms with Gasteiger partial charge in [-0.15, -0.1) is 0 Å². The number of halogens is 1.